The molecule has 4 heterocycles. The lowest BCUT2D eigenvalue weighted by molar-refractivity contribution is 1.17. The van der Waals surface area contributed by atoms with Gasteiger partial charge in [0.15, 0.2) is 0 Å². The van der Waals surface area contributed by atoms with Gasteiger partial charge in [-0.3, -0.25) is 4.40 Å². The summed E-state index contributed by atoms with van der Waals surface area (Å²) in [5.41, 5.74) is 9.28. The van der Waals surface area contributed by atoms with Crippen molar-refractivity contribution in [3.8, 4) is 11.4 Å². The van der Waals surface area contributed by atoms with Crippen LogP contribution >= 0.6 is 0 Å². The van der Waals surface area contributed by atoms with Crippen molar-refractivity contribution in [2.45, 2.75) is 0 Å². The average Bonchev–Trinajstić information content (AvgIpc) is 3.78. The van der Waals surface area contributed by atoms with Crippen LogP contribution in [0, 0.1) is 0 Å². The molecule has 0 amide bonds. The summed E-state index contributed by atoms with van der Waals surface area (Å²) in [7, 11) is 0. The molecule has 0 radical (unpaired) electrons. The second-order valence-corrected chi connectivity index (χ2v) is 11.2. The van der Waals surface area contributed by atoms with Crippen LogP contribution in [0.3, 0.4) is 0 Å². The molecule has 0 spiro atoms. The summed E-state index contributed by atoms with van der Waals surface area (Å²) in [5, 5.41) is 8.59. The molecule has 4 heteroatoms. The average molecular weight is 549 g/mol. The Labute approximate surface area is 246 Å². The molecule has 0 saturated carbocycles. The van der Waals surface area contributed by atoms with E-state index in [1.807, 2.05) is 6.20 Å². The van der Waals surface area contributed by atoms with E-state index in [1.165, 1.54) is 65.3 Å². The molecule has 10 rings (SSSR count). The highest BCUT2D eigenvalue weighted by Gasteiger charge is 2.23. The lowest BCUT2D eigenvalue weighted by Crippen LogP contribution is -1.95. The number of fused-ring (bicyclic) bond motifs is 14. The number of hydrogen-bond acceptors (Lipinski definition) is 1. The van der Waals surface area contributed by atoms with Crippen LogP contribution in [-0.4, -0.2) is 18.5 Å². The van der Waals surface area contributed by atoms with E-state index < -0.39 is 0 Å². The van der Waals surface area contributed by atoms with Gasteiger partial charge >= 0.3 is 0 Å². The zero-order chi connectivity index (χ0) is 28.1. The minimum absolute atomic E-state index is 0.984. The van der Waals surface area contributed by atoms with Gasteiger partial charge in [-0.25, -0.2) is 4.98 Å². The number of hydrogen-bond donors (Lipinski definition) is 0. The number of aromatic nitrogens is 4. The fraction of sp³-hybridized carbons (Fsp3) is 0. The van der Waals surface area contributed by atoms with Crippen LogP contribution in [0.1, 0.15) is 0 Å². The van der Waals surface area contributed by atoms with Gasteiger partial charge < -0.3 is 9.13 Å². The van der Waals surface area contributed by atoms with Crippen LogP contribution < -0.4 is 0 Å². The van der Waals surface area contributed by atoms with Crippen molar-refractivity contribution in [2.24, 2.45) is 0 Å². The van der Waals surface area contributed by atoms with Crippen LogP contribution in [0.2, 0.25) is 0 Å². The molecule has 0 aliphatic heterocycles. The van der Waals surface area contributed by atoms with Gasteiger partial charge in [-0.15, -0.1) is 0 Å². The quantitative estimate of drug-likeness (QED) is 0.198. The van der Waals surface area contributed by atoms with Gasteiger partial charge in [0.05, 0.1) is 27.6 Å². The van der Waals surface area contributed by atoms with Crippen LogP contribution in [0.25, 0.3) is 82.3 Å². The van der Waals surface area contributed by atoms with Crippen molar-refractivity contribution in [1.29, 1.82) is 0 Å². The number of pyridine rings is 1. The Balaban J connectivity index is 1.51. The monoisotopic (exact) mass is 548 g/mol. The molecule has 4 nitrogen and oxygen atoms in total. The van der Waals surface area contributed by atoms with E-state index in [0.29, 0.717) is 0 Å². The molecular weight excluding hydrogens is 524 g/mol. The highest BCUT2D eigenvalue weighted by Crippen LogP contribution is 2.44. The van der Waals surface area contributed by atoms with Gasteiger partial charge in [0.2, 0.25) is 0 Å². The number of imidazole rings is 1. The maximum absolute atomic E-state index is 4.83. The maximum Gasteiger partial charge on any atom is 0.145 e. The Morgan fingerprint density at radius 2 is 0.977 bits per heavy atom. The fourth-order valence-corrected chi connectivity index (χ4v) is 7.39. The first-order valence-electron chi connectivity index (χ1n) is 14.7. The molecule has 200 valence electrons. The zero-order valence-corrected chi connectivity index (χ0v) is 23.1. The Hall–Kier alpha value is -5.87. The normalized spacial score (nSPS) is 12.2. The highest BCUT2D eigenvalue weighted by molar-refractivity contribution is 6.31. The third-order valence-corrected chi connectivity index (χ3v) is 9.07. The Bertz CT molecular complexity index is 2710. The lowest BCUT2D eigenvalue weighted by atomic mass is 10.0. The summed E-state index contributed by atoms with van der Waals surface area (Å²) in [6.07, 6.45) is 4.02. The van der Waals surface area contributed by atoms with E-state index in [4.69, 9.17) is 4.98 Å². The molecule has 0 saturated heterocycles. The van der Waals surface area contributed by atoms with Crippen LogP contribution in [-0.2, 0) is 0 Å². The van der Waals surface area contributed by atoms with Gasteiger partial charge in [-0.05, 0) is 53.9 Å². The molecule has 43 heavy (non-hydrogen) atoms. The molecule has 0 unspecified atom stereocenters. The topological polar surface area (TPSA) is 27.2 Å². The summed E-state index contributed by atoms with van der Waals surface area (Å²) >= 11 is 0. The lowest BCUT2D eigenvalue weighted by Gasteiger charge is -2.11. The number of para-hydroxylation sites is 3. The standard InChI is InChI=1S/C39H24N4/c1-3-11-25(12-4-1)42-32-18-10-9-17-30(32)35-33(42)22-20-31-36-34(43(38(31)35)26-13-5-2-6-14-26)21-19-28-27-15-7-8-16-29(27)39-40-23-24-41(39)37(28)36/h1-24H. The SMILES string of the molecule is c1ccc(-n2c3ccccc3c3c2ccc2c4c(ccc5c6ccccc6c6nccn6c54)n(-c4ccccc4)c23)cc1. The number of nitrogens with zero attached hydrogens (tertiary/aromatic N) is 4. The largest absolute Gasteiger partial charge is 0.309 e. The van der Waals surface area contributed by atoms with E-state index in [0.717, 1.165) is 17.0 Å². The summed E-state index contributed by atoms with van der Waals surface area (Å²) in [4.78, 5) is 4.83. The fourth-order valence-electron chi connectivity index (χ4n) is 7.39. The van der Waals surface area contributed by atoms with Crippen molar-refractivity contribution < 1.29 is 0 Å². The predicted octanol–water partition coefficient (Wildman–Crippen LogP) is 9.83. The Kier molecular flexibility index (Phi) is 4.42. The van der Waals surface area contributed by atoms with Gasteiger partial charge in [-0.2, -0.15) is 0 Å². The molecule has 0 aliphatic carbocycles. The summed E-state index contributed by atoms with van der Waals surface area (Å²) in [6, 6.07) is 48.1. The second-order valence-electron chi connectivity index (χ2n) is 11.2. The van der Waals surface area contributed by atoms with Crippen molar-refractivity contribution in [3.05, 3.63) is 146 Å². The van der Waals surface area contributed by atoms with Crippen LogP contribution in [0.15, 0.2) is 146 Å². The van der Waals surface area contributed by atoms with Crippen molar-refractivity contribution in [2.75, 3.05) is 0 Å². The number of rotatable bonds is 2. The van der Waals surface area contributed by atoms with E-state index in [2.05, 4.69) is 153 Å². The van der Waals surface area contributed by atoms with E-state index >= 15 is 0 Å². The van der Waals surface area contributed by atoms with Gasteiger partial charge in [0.25, 0.3) is 0 Å². The third kappa shape index (κ3) is 2.92. The van der Waals surface area contributed by atoms with Gasteiger partial charge in [0.1, 0.15) is 5.65 Å². The Morgan fingerprint density at radius 1 is 0.395 bits per heavy atom. The highest BCUT2D eigenvalue weighted by atomic mass is 15.0. The smallest absolute Gasteiger partial charge is 0.145 e. The first-order chi connectivity index (χ1) is 21.4. The molecule has 10 aromatic rings. The van der Waals surface area contributed by atoms with Crippen molar-refractivity contribution in [1.82, 2.24) is 18.5 Å². The predicted molar refractivity (Wildman–Crippen MR) is 179 cm³/mol. The van der Waals surface area contributed by atoms with Crippen molar-refractivity contribution in [3.63, 3.8) is 0 Å². The number of benzene rings is 6. The molecule has 0 aliphatic rings. The molecule has 4 aromatic heterocycles. The summed E-state index contributed by atoms with van der Waals surface area (Å²) < 4.78 is 7.15. The van der Waals surface area contributed by atoms with Gasteiger partial charge in [-0.1, -0.05) is 84.9 Å². The summed E-state index contributed by atoms with van der Waals surface area (Å²) in [5.74, 6) is 0. The minimum Gasteiger partial charge on any atom is -0.309 e. The molecule has 0 bridgehead atoms. The maximum atomic E-state index is 4.83. The molecule has 6 aromatic carbocycles. The first kappa shape index (κ1) is 22.8. The second kappa shape index (κ2) is 8.34. The van der Waals surface area contributed by atoms with E-state index in [-0.39, 0.29) is 0 Å². The Morgan fingerprint density at radius 3 is 1.74 bits per heavy atom. The molecule has 0 N–H and O–H groups in total. The van der Waals surface area contributed by atoms with Gasteiger partial charge in [0, 0.05) is 56.1 Å². The van der Waals surface area contributed by atoms with Crippen LogP contribution in [0.5, 0.6) is 0 Å². The van der Waals surface area contributed by atoms with Crippen molar-refractivity contribution >= 4 is 70.9 Å². The molecule has 0 atom stereocenters. The zero-order valence-electron chi connectivity index (χ0n) is 23.1. The first-order valence-corrected chi connectivity index (χ1v) is 14.7. The minimum atomic E-state index is 0.984. The van der Waals surface area contributed by atoms with E-state index in [9.17, 15) is 0 Å². The molecule has 0 fully saturated rings. The molecular formula is C39H24N4. The van der Waals surface area contributed by atoms with Crippen LogP contribution in [0.4, 0.5) is 0 Å². The summed E-state index contributed by atoms with van der Waals surface area (Å²) in [6.45, 7) is 0. The van der Waals surface area contributed by atoms with E-state index in [1.54, 1.807) is 0 Å². The third-order valence-electron chi connectivity index (χ3n) is 9.07.